The van der Waals surface area contributed by atoms with Gasteiger partial charge in [0.25, 0.3) is 5.91 Å². The number of fused-ring (bicyclic) bond motifs is 1. The summed E-state index contributed by atoms with van der Waals surface area (Å²) in [7, 11) is 0. The first-order valence-corrected chi connectivity index (χ1v) is 9.77. The Labute approximate surface area is 158 Å². The van der Waals surface area contributed by atoms with Crippen molar-refractivity contribution in [1.29, 1.82) is 0 Å². The minimum atomic E-state index is -0.127. The van der Waals surface area contributed by atoms with Gasteiger partial charge in [0.15, 0.2) is 0 Å². The topological polar surface area (TPSA) is 88.9 Å². The zero-order chi connectivity index (χ0) is 18.6. The zero-order valence-electron chi connectivity index (χ0n) is 15.4. The maximum atomic E-state index is 12.6. The Kier molecular flexibility index (Phi) is 5.18. The van der Waals surface area contributed by atoms with Crippen LogP contribution in [0.15, 0.2) is 30.6 Å². The minimum Gasteiger partial charge on any atom is -0.347 e. The lowest BCUT2D eigenvalue weighted by Crippen LogP contribution is -2.41. The Bertz CT molecular complexity index is 825. The maximum absolute atomic E-state index is 12.6. The predicted molar refractivity (Wildman–Crippen MR) is 101 cm³/mol. The molecule has 142 valence electrons. The molecule has 1 aromatic heterocycles. The van der Waals surface area contributed by atoms with Gasteiger partial charge in [-0.15, -0.1) is 0 Å². The third kappa shape index (κ3) is 4.18. The molecule has 1 atom stereocenters. The molecule has 7 nitrogen and oxygen atoms in total. The largest absolute Gasteiger partial charge is 0.347 e. The third-order valence-electron chi connectivity index (χ3n) is 5.51. The fourth-order valence-corrected chi connectivity index (χ4v) is 3.97. The molecule has 0 bridgehead atoms. The number of anilines is 1. The molecule has 2 heterocycles. The van der Waals surface area contributed by atoms with Crippen LogP contribution in [0.1, 0.15) is 54.7 Å². The van der Waals surface area contributed by atoms with Gasteiger partial charge in [0.1, 0.15) is 12.2 Å². The molecule has 1 aliphatic heterocycles. The number of benzene rings is 1. The molecule has 0 saturated heterocycles. The Balaban J connectivity index is 1.37. The van der Waals surface area contributed by atoms with Crippen molar-refractivity contribution in [2.75, 3.05) is 5.32 Å². The standard InChI is InChI=1S/C20H25N5O2/c26-19(14-5-2-1-3-6-14)23-16-8-4-7-15(11-16)20(27)24-17-9-10-18-21-13-22-25(18)12-17/h4,7-8,11,13-14,17H,1-3,5-6,9-10,12H2,(H,23,26)(H,24,27). The number of nitrogens with one attached hydrogen (secondary N) is 2. The van der Waals surface area contributed by atoms with E-state index in [2.05, 4.69) is 20.7 Å². The van der Waals surface area contributed by atoms with Gasteiger partial charge in [0.2, 0.25) is 5.91 Å². The Morgan fingerprint density at radius 1 is 1.11 bits per heavy atom. The van der Waals surface area contributed by atoms with Crippen LogP contribution in [0.2, 0.25) is 0 Å². The monoisotopic (exact) mass is 367 g/mol. The summed E-state index contributed by atoms with van der Waals surface area (Å²) in [6.45, 7) is 0.638. The lowest BCUT2D eigenvalue weighted by molar-refractivity contribution is -0.120. The number of hydrogen-bond donors (Lipinski definition) is 2. The summed E-state index contributed by atoms with van der Waals surface area (Å²) >= 11 is 0. The molecule has 0 radical (unpaired) electrons. The fourth-order valence-electron chi connectivity index (χ4n) is 3.97. The highest BCUT2D eigenvalue weighted by Gasteiger charge is 2.23. The van der Waals surface area contributed by atoms with Gasteiger partial charge in [-0.05, 0) is 37.5 Å². The number of rotatable bonds is 4. The van der Waals surface area contributed by atoms with E-state index in [1.54, 1.807) is 18.5 Å². The average molecular weight is 367 g/mol. The van der Waals surface area contributed by atoms with E-state index in [4.69, 9.17) is 0 Å². The molecule has 2 amide bonds. The van der Waals surface area contributed by atoms with Crippen molar-refractivity contribution in [2.24, 2.45) is 5.92 Å². The first kappa shape index (κ1) is 17.7. The molecule has 2 aliphatic rings. The van der Waals surface area contributed by atoms with Gasteiger partial charge in [0, 0.05) is 29.6 Å². The van der Waals surface area contributed by atoms with Crippen LogP contribution in [0.25, 0.3) is 0 Å². The molecule has 1 aromatic carbocycles. The molecule has 2 N–H and O–H groups in total. The molecule has 1 saturated carbocycles. The van der Waals surface area contributed by atoms with E-state index >= 15 is 0 Å². The fraction of sp³-hybridized carbons (Fsp3) is 0.500. The molecule has 0 spiro atoms. The lowest BCUT2D eigenvalue weighted by atomic mass is 9.88. The average Bonchev–Trinajstić information content (AvgIpc) is 3.16. The number of hydrogen-bond acceptors (Lipinski definition) is 4. The van der Waals surface area contributed by atoms with E-state index in [0.717, 1.165) is 44.3 Å². The van der Waals surface area contributed by atoms with Crippen molar-refractivity contribution in [3.63, 3.8) is 0 Å². The normalized spacial score (nSPS) is 19.9. The van der Waals surface area contributed by atoms with Crippen LogP contribution in [0, 0.1) is 5.92 Å². The van der Waals surface area contributed by atoms with Gasteiger partial charge in [-0.3, -0.25) is 9.59 Å². The molecule has 1 aliphatic carbocycles. The molecule has 4 rings (SSSR count). The molecule has 27 heavy (non-hydrogen) atoms. The van der Waals surface area contributed by atoms with Gasteiger partial charge in [-0.25, -0.2) is 9.67 Å². The van der Waals surface area contributed by atoms with Gasteiger partial charge in [0.05, 0.1) is 6.54 Å². The number of carbonyl (C=O) groups excluding carboxylic acids is 2. The van der Waals surface area contributed by atoms with Crippen molar-refractivity contribution >= 4 is 17.5 Å². The molecule has 2 aromatic rings. The van der Waals surface area contributed by atoms with Crippen LogP contribution in [-0.4, -0.2) is 32.6 Å². The van der Waals surface area contributed by atoms with Crippen LogP contribution >= 0.6 is 0 Å². The third-order valence-corrected chi connectivity index (χ3v) is 5.51. The second kappa shape index (κ2) is 7.90. The predicted octanol–water partition coefficient (Wildman–Crippen LogP) is 2.54. The summed E-state index contributed by atoms with van der Waals surface area (Å²) in [4.78, 5) is 29.3. The number of nitrogens with zero attached hydrogens (tertiary/aromatic N) is 3. The number of carbonyl (C=O) groups is 2. The van der Waals surface area contributed by atoms with Crippen molar-refractivity contribution in [3.05, 3.63) is 42.0 Å². The quantitative estimate of drug-likeness (QED) is 0.869. The molecular formula is C20H25N5O2. The van der Waals surface area contributed by atoms with Crippen molar-refractivity contribution in [2.45, 2.75) is 57.5 Å². The summed E-state index contributed by atoms with van der Waals surface area (Å²) in [5.41, 5.74) is 1.24. The first-order chi connectivity index (χ1) is 13.2. The van der Waals surface area contributed by atoms with Crippen LogP contribution < -0.4 is 10.6 Å². The number of amides is 2. The SMILES string of the molecule is O=C(NC1CCc2ncnn2C1)c1cccc(NC(=O)C2CCCCC2)c1. The zero-order valence-corrected chi connectivity index (χ0v) is 15.4. The van der Waals surface area contributed by atoms with E-state index in [0.29, 0.717) is 17.8 Å². The van der Waals surface area contributed by atoms with Crippen LogP contribution in [0.4, 0.5) is 5.69 Å². The Morgan fingerprint density at radius 3 is 2.81 bits per heavy atom. The van der Waals surface area contributed by atoms with Crippen LogP contribution in [0.5, 0.6) is 0 Å². The van der Waals surface area contributed by atoms with Gasteiger partial charge in [-0.1, -0.05) is 25.3 Å². The Hall–Kier alpha value is -2.70. The summed E-state index contributed by atoms with van der Waals surface area (Å²) < 4.78 is 1.84. The van der Waals surface area contributed by atoms with Crippen LogP contribution in [0.3, 0.4) is 0 Å². The van der Waals surface area contributed by atoms with E-state index in [9.17, 15) is 9.59 Å². The molecular weight excluding hydrogens is 342 g/mol. The second-order valence-corrected chi connectivity index (χ2v) is 7.47. The van der Waals surface area contributed by atoms with E-state index in [1.165, 1.54) is 6.42 Å². The van der Waals surface area contributed by atoms with Crippen molar-refractivity contribution in [3.8, 4) is 0 Å². The smallest absolute Gasteiger partial charge is 0.251 e. The highest BCUT2D eigenvalue weighted by molar-refractivity contribution is 5.97. The minimum absolute atomic E-state index is 0.0344. The number of aromatic nitrogens is 3. The Morgan fingerprint density at radius 2 is 1.96 bits per heavy atom. The molecule has 7 heteroatoms. The summed E-state index contributed by atoms with van der Waals surface area (Å²) in [5, 5.41) is 10.2. The van der Waals surface area contributed by atoms with Gasteiger partial charge in [-0.2, -0.15) is 5.10 Å². The summed E-state index contributed by atoms with van der Waals surface area (Å²) in [6.07, 6.45) is 8.58. The molecule has 1 fully saturated rings. The van der Waals surface area contributed by atoms with E-state index in [-0.39, 0.29) is 23.8 Å². The highest BCUT2D eigenvalue weighted by atomic mass is 16.2. The van der Waals surface area contributed by atoms with E-state index < -0.39 is 0 Å². The molecule has 1 unspecified atom stereocenters. The van der Waals surface area contributed by atoms with E-state index in [1.807, 2.05) is 16.8 Å². The van der Waals surface area contributed by atoms with Crippen LogP contribution in [-0.2, 0) is 17.8 Å². The highest BCUT2D eigenvalue weighted by Crippen LogP contribution is 2.25. The van der Waals surface area contributed by atoms with Crippen molar-refractivity contribution in [1.82, 2.24) is 20.1 Å². The maximum Gasteiger partial charge on any atom is 0.251 e. The number of aryl methyl sites for hydroxylation is 1. The summed E-state index contributed by atoms with van der Waals surface area (Å²) in [6, 6.07) is 7.20. The van der Waals surface area contributed by atoms with Gasteiger partial charge >= 0.3 is 0 Å². The second-order valence-electron chi connectivity index (χ2n) is 7.47. The van der Waals surface area contributed by atoms with Crippen molar-refractivity contribution < 1.29 is 9.59 Å². The first-order valence-electron chi connectivity index (χ1n) is 9.77. The lowest BCUT2D eigenvalue weighted by Gasteiger charge is -2.23. The summed E-state index contributed by atoms with van der Waals surface area (Å²) in [5.74, 6) is 0.999. The van der Waals surface area contributed by atoms with Gasteiger partial charge < -0.3 is 10.6 Å².